The van der Waals surface area contributed by atoms with E-state index < -0.39 is 0 Å². The molecular weight excluding hydrogens is 236 g/mol. The van der Waals surface area contributed by atoms with Gasteiger partial charge in [-0.25, -0.2) is 9.67 Å². The van der Waals surface area contributed by atoms with Gasteiger partial charge >= 0.3 is 0 Å². The van der Waals surface area contributed by atoms with Crippen molar-refractivity contribution in [1.82, 2.24) is 14.8 Å². The lowest BCUT2D eigenvalue weighted by molar-refractivity contribution is 0.439. The molecule has 2 aromatic rings. The quantitative estimate of drug-likeness (QED) is 0.915. The molecule has 0 amide bonds. The van der Waals surface area contributed by atoms with Gasteiger partial charge in [-0.2, -0.15) is 5.10 Å². The number of rotatable bonds is 3. The van der Waals surface area contributed by atoms with Crippen LogP contribution in [0.3, 0.4) is 0 Å². The van der Waals surface area contributed by atoms with Gasteiger partial charge in [0.2, 0.25) is 0 Å². The highest BCUT2D eigenvalue weighted by Gasteiger charge is 2.39. The van der Waals surface area contributed by atoms with Crippen molar-refractivity contribution < 1.29 is 0 Å². The van der Waals surface area contributed by atoms with E-state index in [9.17, 15) is 0 Å². The molecule has 0 spiro atoms. The highest BCUT2D eigenvalue weighted by molar-refractivity contribution is 5.44. The molecule has 1 N–H and O–H groups in total. The zero-order chi connectivity index (χ0) is 12.7. The van der Waals surface area contributed by atoms with Crippen molar-refractivity contribution in [3.05, 3.63) is 36.8 Å². The van der Waals surface area contributed by atoms with Crippen LogP contribution < -0.4 is 5.32 Å². The fraction of sp³-hybridized carbons (Fsp3) is 0.467. The molecule has 4 nitrogen and oxygen atoms in total. The molecule has 0 aliphatic heterocycles. The maximum atomic E-state index is 4.46. The lowest BCUT2D eigenvalue weighted by atomic mass is 9.95. The summed E-state index contributed by atoms with van der Waals surface area (Å²) in [5.74, 6) is 2.72. The molecule has 0 radical (unpaired) electrons. The van der Waals surface area contributed by atoms with Crippen LogP contribution in [-0.4, -0.2) is 20.8 Å². The van der Waals surface area contributed by atoms with E-state index in [1.54, 1.807) is 10.9 Å². The van der Waals surface area contributed by atoms with E-state index >= 15 is 0 Å². The van der Waals surface area contributed by atoms with E-state index in [-0.39, 0.29) is 0 Å². The summed E-state index contributed by atoms with van der Waals surface area (Å²) in [6, 6.07) is 6.69. The lowest BCUT2D eigenvalue weighted by Crippen LogP contribution is -2.25. The smallest absolute Gasteiger partial charge is 0.153 e. The summed E-state index contributed by atoms with van der Waals surface area (Å²) in [5.41, 5.74) is 1.13. The van der Waals surface area contributed by atoms with Gasteiger partial charge in [-0.15, -0.1) is 0 Å². The van der Waals surface area contributed by atoms with Crippen molar-refractivity contribution in [1.29, 1.82) is 0 Å². The molecule has 3 atom stereocenters. The van der Waals surface area contributed by atoms with Crippen molar-refractivity contribution in [2.75, 3.05) is 5.32 Å². The molecule has 2 aliphatic rings. The van der Waals surface area contributed by atoms with Crippen LogP contribution >= 0.6 is 0 Å². The maximum absolute atomic E-state index is 4.46. The Bertz CT molecular complexity index is 546. The van der Waals surface area contributed by atoms with Crippen LogP contribution in [-0.2, 0) is 0 Å². The number of anilines is 1. The summed E-state index contributed by atoms with van der Waals surface area (Å²) < 4.78 is 1.78. The minimum atomic E-state index is 0.663. The van der Waals surface area contributed by atoms with Crippen molar-refractivity contribution in [2.45, 2.75) is 31.7 Å². The van der Waals surface area contributed by atoms with E-state index in [1.165, 1.54) is 25.7 Å². The second kappa shape index (κ2) is 4.37. The SMILES string of the molecule is c1cnn(-c2ccc(NC3CC4CCC3C4)cn2)c1. The van der Waals surface area contributed by atoms with Crippen LogP contribution in [0.15, 0.2) is 36.8 Å². The highest BCUT2D eigenvalue weighted by Crippen LogP contribution is 2.45. The Hall–Kier alpha value is -1.84. The molecule has 0 aromatic carbocycles. The first kappa shape index (κ1) is 11.0. The van der Waals surface area contributed by atoms with Gasteiger partial charge in [0.25, 0.3) is 0 Å². The Morgan fingerprint density at radius 3 is 2.84 bits per heavy atom. The van der Waals surface area contributed by atoms with Gasteiger partial charge in [-0.3, -0.25) is 0 Å². The fourth-order valence-electron chi connectivity index (χ4n) is 3.65. The van der Waals surface area contributed by atoms with E-state index in [0.29, 0.717) is 6.04 Å². The first-order valence-corrected chi connectivity index (χ1v) is 7.11. The average Bonchev–Trinajstić information content (AvgIpc) is 3.17. The molecule has 2 bridgehead atoms. The van der Waals surface area contributed by atoms with Gasteiger partial charge in [-0.05, 0) is 49.3 Å². The molecule has 3 unspecified atom stereocenters. The molecule has 0 saturated heterocycles. The van der Waals surface area contributed by atoms with Crippen molar-refractivity contribution in [2.24, 2.45) is 11.8 Å². The molecule has 2 aliphatic carbocycles. The largest absolute Gasteiger partial charge is 0.381 e. The third-order valence-electron chi connectivity index (χ3n) is 4.58. The Balaban J connectivity index is 1.48. The molecule has 19 heavy (non-hydrogen) atoms. The summed E-state index contributed by atoms with van der Waals surface area (Å²) in [7, 11) is 0. The van der Waals surface area contributed by atoms with Crippen LogP contribution in [0.4, 0.5) is 5.69 Å². The van der Waals surface area contributed by atoms with Gasteiger partial charge in [0.1, 0.15) is 0 Å². The zero-order valence-corrected chi connectivity index (χ0v) is 10.9. The molecule has 2 saturated carbocycles. The van der Waals surface area contributed by atoms with Gasteiger partial charge in [0, 0.05) is 18.4 Å². The molecule has 4 heteroatoms. The maximum Gasteiger partial charge on any atom is 0.153 e. The number of hydrogen-bond acceptors (Lipinski definition) is 3. The first-order chi connectivity index (χ1) is 9.38. The van der Waals surface area contributed by atoms with Crippen LogP contribution in [0.25, 0.3) is 5.82 Å². The summed E-state index contributed by atoms with van der Waals surface area (Å²) in [6.45, 7) is 0. The van der Waals surface area contributed by atoms with Crippen LogP contribution in [0.5, 0.6) is 0 Å². The third-order valence-corrected chi connectivity index (χ3v) is 4.58. The number of fused-ring (bicyclic) bond motifs is 2. The normalized spacial score (nSPS) is 28.7. The van der Waals surface area contributed by atoms with Crippen molar-refractivity contribution in [3.63, 3.8) is 0 Å². The van der Waals surface area contributed by atoms with Gasteiger partial charge in [0.05, 0.1) is 11.9 Å². The van der Waals surface area contributed by atoms with E-state index in [4.69, 9.17) is 0 Å². The summed E-state index contributed by atoms with van der Waals surface area (Å²) in [4.78, 5) is 4.46. The van der Waals surface area contributed by atoms with Gasteiger partial charge in [0.15, 0.2) is 5.82 Å². The average molecular weight is 254 g/mol. The van der Waals surface area contributed by atoms with E-state index in [2.05, 4.69) is 21.5 Å². The third kappa shape index (κ3) is 2.01. The first-order valence-electron chi connectivity index (χ1n) is 7.11. The standard InChI is InChI=1S/C15H18N4/c1-6-17-19(7-1)15-5-4-13(10-16-15)18-14-9-11-2-3-12(14)8-11/h1,4-7,10-12,14,18H,2-3,8-9H2. The Morgan fingerprint density at radius 1 is 1.21 bits per heavy atom. The summed E-state index contributed by atoms with van der Waals surface area (Å²) in [5, 5.41) is 7.84. The number of nitrogens with one attached hydrogen (secondary N) is 1. The Kier molecular flexibility index (Phi) is 2.53. The lowest BCUT2D eigenvalue weighted by Gasteiger charge is -2.23. The second-order valence-electron chi connectivity index (χ2n) is 5.78. The molecule has 4 rings (SSSR count). The van der Waals surface area contributed by atoms with Crippen molar-refractivity contribution >= 4 is 5.69 Å². The minimum Gasteiger partial charge on any atom is -0.381 e. The van der Waals surface area contributed by atoms with E-state index in [1.807, 2.05) is 24.5 Å². The summed E-state index contributed by atoms with van der Waals surface area (Å²) >= 11 is 0. The van der Waals surface area contributed by atoms with Gasteiger partial charge in [-0.1, -0.05) is 6.42 Å². The number of hydrogen-bond donors (Lipinski definition) is 1. The van der Waals surface area contributed by atoms with Crippen LogP contribution in [0.2, 0.25) is 0 Å². The molecule has 98 valence electrons. The van der Waals surface area contributed by atoms with E-state index in [0.717, 1.165) is 23.3 Å². The molecular formula is C15H18N4. The number of nitrogens with zero attached hydrogens (tertiary/aromatic N) is 3. The second-order valence-corrected chi connectivity index (χ2v) is 5.78. The Morgan fingerprint density at radius 2 is 2.21 bits per heavy atom. The topological polar surface area (TPSA) is 42.7 Å². The minimum absolute atomic E-state index is 0.663. The predicted molar refractivity (Wildman–Crippen MR) is 74.2 cm³/mol. The predicted octanol–water partition coefficient (Wildman–Crippen LogP) is 2.87. The monoisotopic (exact) mass is 254 g/mol. The zero-order valence-electron chi connectivity index (χ0n) is 10.9. The molecule has 2 fully saturated rings. The van der Waals surface area contributed by atoms with Crippen molar-refractivity contribution in [3.8, 4) is 5.82 Å². The number of pyridine rings is 1. The van der Waals surface area contributed by atoms with Crippen LogP contribution in [0, 0.1) is 11.8 Å². The Labute approximate surface area is 112 Å². The fourth-order valence-corrected chi connectivity index (χ4v) is 3.65. The molecule has 2 aromatic heterocycles. The number of aromatic nitrogens is 3. The highest BCUT2D eigenvalue weighted by atomic mass is 15.3. The summed E-state index contributed by atoms with van der Waals surface area (Å²) in [6.07, 6.45) is 11.2. The van der Waals surface area contributed by atoms with Crippen LogP contribution in [0.1, 0.15) is 25.7 Å². The van der Waals surface area contributed by atoms with Gasteiger partial charge < -0.3 is 5.32 Å². The molecule has 2 heterocycles.